The lowest BCUT2D eigenvalue weighted by atomic mass is 10.1. The Morgan fingerprint density at radius 1 is 1.13 bits per heavy atom. The van der Waals surface area contributed by atoms with Crippen molar-refractivity contribution in [3.05, 3.63) is 59.8 Å². The predicted octanol–water partition coefficient (Wildman–Crippen LogP) is 3.88. The molecule has 2 N–H and O–H groups in total. The summed E-state index contributed by atoms with van der Waals surface area (Å²) in [7, 11) is 4.01. The number of hydrogen-bond acceptors (Lipinski definition) is 4. The zero-order valence-corrected chi connectivity index (χ0v) is 21.4. The summed E-state index contributed by atoms with van der Waals surface area (Å²) < 4.78 is 0. The molecular weight excluding hydrogens is 499 g/mol. The molecule has 31 heavy (non-hydrogen) atoms. The molecule has 1 atom stereocenters. The second kappa shape index (κ2) is 13.5. The van der Waals surface area contributed by atoms with Gasteiger partial charge in [0.05, 0.1) is 0 Å². The molecule has 6 nitrogen and oxygen atoms in total. The van der Waals surface area contributed by atoms with E-state index >= 15 is 0 Å². The molecule has 0 saturated carbocycles. The highest BCUT2D eigenvalue weighted by molar-refractivity contribution is 14.0. The topological polar surface area (TPSA) is 55.8 Å². The highest BCUT2D eigenvalue weighted by Gasteiger charge is 2.14. The summed E-state index contributed by atoms with van der Waals surface area (Å²) in [4.78, 5) is 13.7. The average Bonchev–Trinajstić information content (AvgIpc) is 3.32. The third kappa shape index (κ3) is 8.29. The Hall–Kier alpha value is -1.87. The number of halogens is 1. The highest BCUT2D eigenvalue weighted by atomic mass is 127. The van der Waals surface area contributed by atoms with E-state index in [1.165, 1.54) is 24.0 Å². The van der Waals surface area contributed by atoms with Crippen molar-refractivity contribution >= 4 is 35.8 Å². The normalized spacial score (nSPS) is 15.0. The quantitative estimate of drug-likeness (QED) is 0.290. The molecule has 1 aliphatic heterocycles. The van der Waals surface area contributed by atoms with E-state index in [0.29, 0.717) is 6.04 Å². The van der Waals surface area contributed by atoms with E-state index in [9.17, 15) is 0 Å². The fourth-order valence-electron chi connectivity index (χ4n) is 3.74. The summed E-state index contributed by atoms with van der Waals surface area (Å²) in [6.07, 6.45) is 5.49. The van der Waals surface area contributed by atoms with Crippen LogP contribution in [0, 0.1) is 0 Å². The van der Waals surface area contributed by atoms with Gasteiger partial charge in [-0.3, -0.25) is 9.89 Å². The van der Waals surface area contributed by atoms with Gasteiger partial charge >= 0.3 is 0 Å². The first kappa shape index (κ1) is 25.4. The largest absolute Gasteiger partial charge is 0.357 e. The number of nitrogens with one attached hydrogen (secondary N) is 2. The summed E-state index contributed by atoms with van der Waals surface area (Å²) in [5, 5.41) is 6.87. The first-order valence-electron chi connectivity index (χ1n) is 11.0. The molecule has 2 aromatic rings. The first-order chi connectivity index (χ1) is 14.7. The highest BCUT2D eigenvalue weighted by Crippen LogP contribution is 2.18. The van der Waals surface area contributed by atoms with E-state index in [0.717, 1.165) is 50.9 Å². The lowest BCUT2D eigenvalue weighted by molar-refractivity contribution is 0.238. The van der Waals surface area contributed by atoms with E-state index < -0.39 is 0 Å². The standard InChI is InChI=1S/C24H36N6.HI/c1-20(29(3)19-21-9-5-4-6-10-21)11-13-27-24(25-2)28-18-22-12-14-26-23(17-22)30-15-7-8-16-30;/h4-6,9-10,12,14,17,20H,7-8,11,13,15-16,18-19H2,1-3H3,(H2,25,27,28);1H. The van der Waals surface area contributed by atoms with Crippen LogP contribution in [0.3, 0.4) is 0 Å². The summed E-state index contributed by atoms with van der Waals surface area (Å²) in [6.45, 7) is 7.10. The zero-order chi connectivity index (χ0) is 21.2. The van der Waals surface area contributed by atoms with E-state index in [4.69, 9.17) is 0 Å². The first-order valence-corrected chi connectivity index (χ1v) is 11.0. The van der Waals surface area contributed by atoms with Crippen molar-refractivity contribution in [1.82, 2.24) is 20.5 Å². The van der Waals surface area contributed by atoms with Crippen LogP contribution in [-0.2, 0) is 13.1 Å². The minimum atomic E-state index is 0. The molecule has 0 radical (unpaired) electrons. The van der Waals surface area contributed by atoms with Crippen molar-refractivity contribution in [3.63, 3.8) is 0 Å². The lowest BCUT2D eigenvalue weighted by Crippen LogP contribution is -2.39. The molecule has 3 rings (SSSR count). The van der Waals surface area contributed by atoms with Gasteiger partial charge in [-0.1, -0.05) is 30.3 Å². The molecule has 7 heteroatoms. The van der Waals surface area contributed by atoms with Crippen LogP contribution in [0.1, 0.15) is 37.3 Å². The fourth-order valence-corrected chi connectivity index (χ4v) is 3.74. The molecule has 1 saturated heterocycles. The number of pyridine rings is 1. The Kier molecular flexibility index (Phi) is 11.1. The third-order valence-electron chi connectivity index (χ3n) is 5.81. The maximum Gasteiger partial charge on any atom is 0.191 e. The number of anilines is 1. The van der Waals surface area contributed by atoms with Gasteiger partial charge in [0.1, 0.15) is 5.82 Å². The van der Waals surface area contributed by atoms with Gasteiger partial charge in [0.25, 0.3) is 0 Å². The Labute approximate surface area is 204 Å². The summed E-state index contributed by atoms with van der Waals surface area (Å²) in [6, 6.07) is 15.4. The number of aliphatic imine (C=N–C) groups is 1. The molecule has 1 fully saturated rings. The van der Waals surface area contributed by atoms with Crippen molar-refractivity contribution in [2.75, 3.05) is 38.6 Å². The van der Waals surface area contributed by atoms with Crippen LogP contribution < -0.4 is 15.5 Å². The van der Waals surface area contributed by atoms with E-state index in [2.05, 4.69) is 86.8 Å². The van der Waals surface area contributed by atoms with Gasteiger partial charge in [0.15, 0.2) is 5.96 Å². The molecule has 1 aromatic carbocycles. The van der Waals surface area contributed by atoms with Crippen LogP contribution in [0.2, 0.25) is 0 Å². The summed E-state index contributed by atoms with van der Waals surface area (Å²) >= 11 is 0. The molecule has 0 amide bonds. The van der Waals surface area contributed by atoms with Crippen molar-refractivity contribution in [1.29, 1.82) is 0 Å². The van der Waals surface area contributed by atoms with Gasteiger partial charge in [-0.25, -0.2) is 4.98 Å². The number of nitrogens with zero attached hydrogens (tertiary/aromatic N) is 4. The van der Waals surface area contributed by atoms with Gasteiger partial charge in [-0.05, 0) is 56.5 Å². The van der Waals surface area contributed by atoms with Crippen LogP contribution in [0.25, 0.3) is 0 Å². The van der Waals surface area contributed by atoms with Crippen molar-refractivity contribution in [2.45, 2.75) is 45.3 Å². The molecule has 1 aromatic heterocycles. The Morgan fingerprint density at radius 2 is 1.87 bits per heavy atom. The van der Waals surface area contributed by atoms with Gasteiger partial charge in [-0.2, -0.15) is 0 Å². The van der Waals surface area contributed by atoms with Gasteiger partial charge in [-0.15, -0.1) is 24.0 Å². The van der Waals surface area contributed by atoms with Crippen LogP contribution in [0.4, 0.5) is 5.82 Å². The summed E-state index contributed by atoms with van der Waals surface area (Å²) in [5.74, 6) is 1.93. The average molecular weight is 537 g/mol. The van der Waals surface area contributed by atoms with Crippen LogP contribution in [0.5, 0.6) is 0 Å². The number of guanidine groups is 1. The molecule has 0 bridgehead atoms. The third-order valence-corrected chi connectivity index (χ3v) is 5.81. The molecule has 0 spiro atoms. The minimum Gasteiger partial charge on any atom is -0.357 e. The fraction of sp³-hybridized carbons (Fsp3) is 0.500. The molecule has 1 unspecified atom stereocenters. The van der Waals surface area contributed by atoms with Gasteiger partial charge in [0, 0.05) is 52.0 Å². The lowest BCUT2D eigenvalue weighted by Gasteiger charge is -2.25. The second-order valence-corrected chi connectivity index (χ2v) is 8.11. The van der Waals surface area contributed by atoms with E-state index in [-0.39, 0.29) is 24.0 Å². The number of aromatic nitrogens is 1. The van der Waals surface area contributed by atoms with Crippen LogP contribution >= 0.6 is 24.0 Å². The van der Waals surface area contributed by atoms with Crippen molar-refractivity contribution in [2.24, 2.45) is 4.99 Å². The maximum absolute atomic E-state index is 4.53. The minimum absolute atomic E-state index is 0. The number of rotatable bonds is 9. The molecular formula is C24H37IN6. The second-order valence-electron chi connectivity index (χ2n) is 8.11. The van der Waals surface area contributed by atoms with Crippen LogP contribution in [-0.4, -0.2) is 55.6 Å². The SMILES string of the molecule is CN=C(NCCC(C)N(C)Cc1ccccc1)NCc1ccnc(N2CCCC2)c1.I. The van der Waals surface area contributed by atoms with E-state index in [1.807, 2.05) is 13.2 Å². The Bertz CT molecular complexity index is 792. The molecule has 170 valence electrons. The Morgan fingerprint density at radius 3 is 2.58 bits per heavy atom. The van der Waals surface area contributed by atoms with Crippen molar-refractivity contribution < 1.29 is 0 Å². The maximum atomic E-state index is 4.53. The molecule has 2 heterocycles. The van der Waals surface area contributed by atoms with Crippen molar-refractivity contribution in [3.8, 4) is 0 Å². The van der Waals surface area contributed by atoms with Gasteiger partial charge < -0.3 is 15.5 Å². The van der Waals surface area contributed by atoms with E-state index in [1.54, 1.807) is 0 Å². The monoisotopic (exact) mass is 536 g/mol. The smallest absolute Gasteiger partial charge is 0.191 e. The zero-order valence-electron chi connectivity index (χ0n) is 19.1. The molecule has 0 aliphatic carbocycles. The number of hydrogen-bond donors (Lipinski definition) is 2. The summed E-state index contributed by atoms with van der Waals surface area (Å²) in [5.41, 5.74) is 2.58. The van der Waals surface area contributed by atoms with Crippen LogP contribution in [0.15, 0.2) is 53.7 Å². The number of benzene rings is 1. The van der Waals surface area contributed by atoms with Gasteiger partial charge in [0.2, 0.25) is 0 Å². The molecule has 1 aliphatic rings. The predicted molar refractivity (Wildman–Crippen MR) is 141 cm³/mol. The Balaban J connectivity index is 0.00000341.